The van der Waals surface area contributed by atoms with Gasteiger partial charge in [0.2, 0.25) is 11.8 Å². The van der Waals surface area contributed by atoms with Gasteiger partial charge in [-0.05, 0) is 41.8 Å². The molecule has 3 aromatic rings. The van der Waals surface area contributed by atoms with Gasteiger partial charge in [0.1, 0.15) is 12.2 Å². The van der Waals surface area contributed by atoms with Gasteiger partial charge in [-0.2, -0.15) is 0 Å². The van der Waals surface area contributed by atoms with Gasteiger partial charge in [0.15, 0.2) is 11.5 Å². The zero-order valence-electron chi connectivity index (χ0n) is 23.7. The number of nitrogens with one attached hydrogen (secondary N) is 1. The number of nitrogens with zero attached hydrogens (tertiary/aromatic N) is 1. The lowest BCUT2D eigenvalue weighted by molar-refractivity contribution is -0.137. The molecule has 0 saturated carbocycles. The van der Waals surface area contributed by atoms with Crippen molar-refractivity contribution >= 4 is 11.8 Å². The van der Waals surface area contributed by atoms with Gasteiger partial charge in [0.25, 0.3) is 0 Å². The van der Waals surface area contributed by atoms with Crippen LogP contribution >= 0.6 is 0 Å². The second-order valence-corrected chi connectivity index (χ2v) is 10.7. The zero-order valence-corrected chi connectivity index (χ0v) is 23.7. The molecule has 0 unspecified atom stereocenters. The molecule has 2 amide bonds. The molecule has 2 aliphatic rings. The topological polar surface area (TPSA) is 129 Å². The van der Waals surface area contributed by atoms with Gasteiger partial charge in [0, 0.05) is 24.2 Å². The number of rotatable bonds is 10. The lowest BCUT2D eigenvalue weighted by Crippen LogP contribution is -2.55. The summed E-state index contributed by atoms with van der Waals surface area (Å²) in [6.45, 7) is 1.73. The van der Waals surface area contributed by atoms with Crippen LogP contribution in [-0.2, 0) is 29.2 Å². The first-order valence-corrected chi connectivity index (χ1v) is 14.0. The van der Waals surface area contributed by atoms with Crippen LogP contribution in [0.1, 0.15) is 33.7 Å². The van der Waals surface area contributed by atoms with Crippen molar-refractivity contribution in [1.82, 2.24) is 10.2 Å². The third-order valence-electron chi connectivity index (χ3n) is 7.85. The van der Waals surface area contributed by atoms with Crippen molar-refractivity contribution in [1.29, 1.82) is 0 Å². The number of carbonyl (C=O) groups excluding carboxylic acids is 2. The first-order valence-electron chi connectivity index (χ1n) is 14.0. The fourth-order valence-electron chi connectivity index (χ4n) is 5.74. The first kappa shape index (κ1) is 29.3. The van der Waals surface area contributed by atoms with Crippen molar-refractivity contribution in [3.8, 4) is 11.5 Å². The summed E-state index contributed by atoms with van der Waals surface area (Å²) in [5.74, 6) is -0.582. The van der Waals surface area contributed by atoms with Crippen LogP contribution in [0.5, 0.6) is 11.5 Å². The van der Waals surface area contributed by atoms with Crippen molar-refractivity contribution in [2.24, 2.45) is 0 Å². The summed E-state index contributed by atoms with van der Waals surface area (Å²) in [6, 6.07) is 19.7. The average molecular weight is 573 g/mol. The zero-order chi connectivity index (χ0) is 29.8. The molecule has 0 radical (unpaired) electrons. The summed E-state index contributed by atoms with van der Waals surface area (Å²) in [4.78, 5) is 29.1. The summed E-state index contributed by atoms with van der Waals surface area (Å²) in [6.07, 6.45) is -0.341. The molecule has 0 aromatic heterocycles. The molecule has 4 atom stereocenters. The maximum Gasteiger partial charge on any atom is 0.247 e. The molecule has 4 N–H and O–H groups in total. The van der Waals surface area contributed by atoms with E-state index in [0.717, 1.165) is 16.7 Å². The number of aliphatic hydroxyl groups excluding tert-OH is 3. The molecule has 0 fully saturated rings. The summed E-state index contributed by atoms with van der Waals surface area (Å²) in [5, 5.41) is 33.8. The van der Waals surface area contributed by atoms with Crippen molar-refractivity contribution in [2.45, 2.75) is 50.7 Å². The van der Waals surface area contributed by atoms with Crippen LogP contribution in [0.3, 0.4) is 0 Å². The molecule has 1 aliphatic carbocycles. The average Bonchev–Trinajstić information content (AvgIpc) is 3.40. The van der Waals surface area contributed by atoms with E-state index in [0.29, 0.717) is 28.2 Å². The Bertz CT molecular complexity index is 1460. The Hall–Kier alpha value is -4.18. The highest BCUT2D eigenvalue weighted by atomic mass is 16.5. The Kier molecular flexibility index (Phi) is 8.91. The molecule has 3 aromatic carbocycles. The Labute approximate surface area is 245 Å². The molecule has 220 valence electrons. The number of aliphatic hydroxyl groups is 3. The number of ether oxygens (including phenoxy) is 2. The van der Waals surface area contributed by atoms with E-state index in [9.17, 15) is 24.9 Å². The minimum absolute atomic E-state index is 0.0362. The standard InChI is InChI=1S/C33H36N2O7/c1-20-8-10-22(11-9-20)18-35(28(38)16-21-6-4-3-5-7-21)26-17-25(33(40)34-12-13-36)29-24-14-23(19-37)15-27(41-2)31(24)42-32(29)30(26)39/h3-11,14-15,17,26,29-30,32,36-37,39H,12-13,16,18-19H2,1-2H3,(H,34,40)/t26-,29+,30+,32+/m1/s1. The predicted octanol–water partition coefficient (Wildman–Crippen LogP) is 2.39. The second-order valence-electron chi connectivity index (χ2n) is 10.7. The summed E-state index contributed by atoms with van der Waals surface area (Å²) >= 11 is 0. The van der Waals surface area contributed by atoms with Gasteiger partial charge >= 0.3 is 0 Å². The summed E-state index contributed by atoms with van der Waals surface area (Å²) in [5.41, 5.74) is 4.27. The Balaban J connectivity index is 1.59. The number of amides is 2. The van der Waals surface area contributed by atoms with E-state index in [-0.39, 0.29) is 38.6 Å². The minimum atomic E-state index is -1.19. The smallest absolute Gasteiger partial charge is 0.247 e. The number of fused-ring (bicyclic) bond motifs is 3. The molecule has 0 spiro atoms. The number of hydrogen-bond acceptors (Lipinski definition) is 7. The summed E-state index contributed by atoms with van der Waals surface area (Å²) < 4.78 is 11.8. The van der Waals surface area contributed by atoms with E-state index >= 15 is 0 Å². The monoisotopic (exact) mass is 572 g/mol. The fourth-order valence-corrected chi connectivity index (χ4v) is 5.74. The normalized spacial score (nSPS) is 20.5. The molecular formula is C33H36N2O7. The largest absolute Gasteiger partial charge is 0.493 e. The van der Waals surface area contributed by atoms with Gasteiger partial charge in [-0.3, -0.25) is 9.59 Å². The minimum Gasteiger partial charge on any atom is -0.493 e. The van der Waals surface area contributed by atoms with Crippen LogP contribution in [-0.4, -0.2) is 70.5 Å². The van der Waals surface area contributed by atoms with Gasteiger partial charge in [-0.25, -0.2) is 0 Å². The van der Waals surface area contributed by atoms with E-state index in [4.69, 9.17) is 9.47 Å². The van der Waals surface area contributed by atoms with Crippen LogP contribution in [0.25, 0.3) is 0 Å². The van der Waals surface area contributed by atoms with Gasteiger partial charge in [-0.1, -0.05) is 60.2 Å². The van der Waals surface area contributed by atoms with Crippen molar-refractivity contribution in [3.05, 3.63) is 106 Å². The summed E-state index contributed by atoms with van der Waals surface area (Å²) in [7, 11) is 1.48. The molecule has 1 heterocycles. The molecule has 0 saturated heterocycles. The third kappa shape index (κ3) is 5.90. The van der Waals surface area contributed by atoms with E-state index in [1.807, 2.05) is 61.5 Å². The molecule has 5 rings (SSSR count). The van der Waals surface area contributed by atoms with Crippen LogP contribution in [0.4, 0.5) is 0 Å². The number of carbonyl (C=O) groups is 2. The maximum atomic E-state index is 13.9. The van der Waals surface area contributed by atoms with Gasteiger partial charge in [0.05, 0.1) is 38.7 Å². The number of methoxy groups -OCH3 is 1. The van der Waals surface area contributed by atoms with Crippen LogP contribution < -0.4 is 14.8 Å². The van der Waals surface area contributed by atoms with E-state index < -0.39 is 30.1 Å². The number of aryl methyl sites for hydroxylation is 1. The quantitative estimate of drug-likeness (QED) is 0.294. The first-order chi connectivity index (χ1) is 20.3. The second kappa shape index (κ2) is 12.8. The third-order valence-corrected chi connectivity index (χ3v) is 7.85. The molecule has 9 heteroatoms. The predicted molar refractivity (Wildman–Crippen MR) is 156 cm³/mol. The van der Waals surface area contributed by atoms with Crippen LogP contribution in [0.2, 0.25) is 0 Å². The Morgan fingerprint density at radius 2 is 1.74 bits per heavy atom. The Morgan fingerprint density at radius 3 is 2.40 bits per heavy atom. The van der Waals surface area contributed by atoms with Crippen molar-refractivity contribution < 1.29 is 34.4 Å². The molecule has 42 heavy (non-hydrogen) atoms. The number of benzene rings is 3. The van der Waals surface area contributed by atoms with Crippen molar-refractivity contribution in [2.75, 3.05) is 20.3 Å². The van der Waals surface area contributed by atoms with E-state index in [2.05, 4.69) is 5.32 Å². The van der Waals surface area contributed by atoms with E-state index in [1.54, 1.807) is 23.1 Å². The number of hydrogen-bond donors (Lipinski definition) is 4. The highest BCUT2D eigenvalue weighted by Crippen LogP contribution is 2.51. The molecule has 0 bridgehead atoms. The molecule has 1 aliphatic heterocycles. The van der Waals surface area contributed by atoms with Crippen molar-refractivity contribution in [3.63, 3.8) is 0 Å². The highest BCUT2D eigenvalue weighted by molar-refractivity contribution is 5.96. The molecule has 9 nitrogen and oxygen atoms in total. The fraction of sp³-hybridized carbons (Fsp3) is 0.333. The van der Waals surface area contributed by atoms with Crippen LogP contribution in [0.15, 0.2) is 78.4 Å². The van der Waals surface area contributed by atoms with Gasteiger partial charge < -0.3 is 35.0 Å². The lowest BCUT2D eigenvalue weighted by atomic mass is 9.77. The highest BCUT2D eigenvalue weighted by Gasteiger charge is 2.51. The van der Waals surface area contributed by atoms with Crippen LogP contribution in [0, 0.1) is 6.92 Å². The Morgan fingerprint density at radius 1 is 1.00 bits per heavy atom. The lowest BCUT2D eigenvalue weighted by Gasteiger charge is -2.41. The maximum absolute atomic E-state index is 13.9. The van der Waals surface area contributed by atoms with Gasteiger partial charge in [-0.15, -0.1) is 0 Å². The van der Waals surface area contributed by atoms with E-state index in [1.165, 1.54) is 7.11 Å². The SMILES string of the molecule is COc1cc(CO)cc2c1O[C@@H]1[C@@H](O)[C@H](N(Cc3ccc(C)cc3)C(=O)Cc3ccccc3)C=C(C(=O)NCCO)[C@H]21. The molecular weight excluding hydrogens is 536 g/mol.